The number of hydrogen-bond acceptors (Lipinski definition) is 8. The van der Waals surface area contributed by atoms with Gasteiger partial charge >= 0.3 is 5.69 Å². The van der Waals surface area contributed by atoms with E-state index in [4.69, 9.17) is 4.74 Å². The Morgan fingerprint density at radius 2 is 2.03 bits per heavy atom. The normalized spacial score (nSPS) is 27.1. The first-order valence-corrected chi connectivity index (χ1v) is 10.4. The molecule has 2 aliphatic rings. The van der Waals surface area contributed by atoms with Crippen LogP contribution in [0.15, 0.2) is 33.5 Å². The molecule has 32 heavy (non-hydrogen) atoms. The van der Waals surface area contributed by atoms with Crippen LogP contribution in [0.5, 0.6) is 0 Å². The second-order valence-electron chi connectivity index (χ2n) is 9.06. The number of carbonyl (C=O) groups excluding carboxylic acids is 1. The Labute approximate surface area is 184 Å². The van der Waals surface area contributed by atoms with E-state index in [2.05, 4.69) is 10.3 Å². The van der Waals surface area contributed by atoms with Gasteiger partial charge in [-0.1, -0.05) is 18.2 Å². The highest BCUT2D eigenvalue weighted by Gasteiger charge is 2.47. The zero-order valence-corrected chi connectivity index (χ0v) is 18.5. The zero-order valence-electron chi connectivity index (χ0n) is 18.5. The lowest BCUT2D eigenvalue weighted by Crippen LogP contribution is -2.49. The minimum Gasteiger partial charge on any atom is -0.394 e. The maximum absolute atomic E-state index is 12.6. The van der Waals surface area contributed by atoms with E-state index in [1.807, 2.05) is 0 Å². The van der Waals surface area contributed by atoms with Crippen LogP contribution < -0.4 is 16.6 Å². The number of H-pyrrole nitrogens is 1. The quantitative estimate of drug-likeness (QED) is 0.388. The van der Waals surface area contributed by atoms with E-state index in [1.165, 1.54) is 12.3 Å². The predicted molar refractivity (Wildman–Crippen MR) is 115 cm³/mol. The molecule has 1 aromatic rings. The number of aliphatic hydroxyl groups is 2. The highest BCUT2D eigenvalue weighted by Crippen LogP contribution is 2.38. The van der Waals surface area contributed by atoms with E-state index in [1.54, 1.807) is 39.8 Å². The van der Waals surface area contributed by atoms with E-state index in [0.29, 0.717) is 5.57 Å². The first-order valence-electron chi connectivity index (χ1n) is 10.4. The molecule has 3 rings (SSSR count). The average molecular weight is 450 g/mol. The maximum atomic E-state index is 12.6. The average Bonchev–Trinajstić information content (AvgIpc) is 3.16. The number of rotatable bonds is 6. The summed E-state index contributed by atoms with van der Waals surface area (Å²) in [4.78, 5) is 39.1. The van der Waals surface area contributed by atoms with Crippen molar-refractivity contribution in [1.29, 1.82) is 0 Å². The Kier molecular flexibility index (Phi) is 6.59. The Morgan fingerprint density at radius 1 is 1.34 bits per heavy atom. The van der Waals surface area contributed by atoms with Gasteiger partial charge in [0.1, 0.15) is 12.3 Å². The van der Waals surface area contributed by atoms with Crippen LogP contribution in [0.3, 0.4) is 0 Å². The SMILES string of the molecule is CC1(C)C=C(C(=O)NC/C=C/c2cn(C3CC(O)C(CO)O3)c(=O)[nH]c2=O)C(C)(C)N1O. The van der Waals surface area contributed by atoms with Crippen LogP contribution >= 0.6 is 0 Å². The number of ether oxygens (including phenoxy) is 1. The number of aliphatic hydroxyl groups excluding tert-OH is 2. The van der Waals surface area contributed by atoms with E-state index in [0.717, 1.165) is 9.63 Å². The van der Waals surface area contributed by atoms with Crippen LogP contribution in [0.4, 0.5) is 0 Å². The number of carbonyl (C=O) groups is 1. The molecule has 2 aliphatic heterocycles. The van der Waals surface area contributed by atoms with E-state index in [9.17, 15) is 29.8 Å². The molecule has 5 N–H and O–H groups in total. The monoisotopic (exact) mass is 450 g/mol. The van der Waals surface area contributed by atoms with Crippen molar-refractivity contribution in [2.75, 3.05) is 13.2 Å². The molecule has 0 aliphatic carbocycles. The molecule has 0 saturated carbocycles. The summed E-state index contributed by atoms with van der Waals surface area (Å²) >= 11 is 0. The summed E-state index contributed by atoms with van der Waals surface area (Å²) in [6, 6.07) is 0. The fourth-order valence-corrected chi connectivity index (χ4v) is 4.09. The second kappa shape index (κ2) is 8.75. The van der Waals surface area contributed by atoms with E-state index >= 15 is 0 Å². The fourth-order valence-electron chi connectivity index (χ4n) is 4.09. The van der Waals surface area contributed by atoms with Crippen molar-refractivity contribution in [1.82, 2.24) is 19.9 Å². The third-order valence-electron chi connectivity index (χ3n) is 5.84. The Hall–Kier alpha value is -2.57. The molecule has 11 nitrogen and oxygen atoms in total. The molecule has 1 aromatic heterocycles. The largest absolute Gasteiger partial charge is 0.394 e. The Morgan fingerprint density at radius 3 is 2.59 bits per heavy atom. The van der Waals surface area contributed by atoms with Crippen molar-refractivity contribution in [3.05, 3.63) is 50.3 Å². The third-order valence-corrected chi connectivity index (χ3v) is 5.84. The van der Waals surface area contributed by atoms with Crippen molar-refractivity contribution in [2.45, 2.75) is 63.6 Å². The molecule has 0 spiro atoms. The second-order valence-corrected chi connectivity index (χ2v) is 9.06. The summed E-state index contributed by atoms with van der Waals surface area (Å²) in [6.45, 7) is 6.81. The van der Waals surface area contributed by atoms with Crippen molar-refractivity contribution in [3.8, 4) is 0 Å². The van der Waals surface area contributed by atoms with Gasteiger partial charge in [-0.2, -0.15) is 5.06 Å². The number of hydroxylamine groups is 2. The number of aromatic amines is 1. The molecule has 1 fully saturated rings. The molecule has 3 atom stereocenters. The molecule has 3 heterocycles. The summed E-state index contributed by atoms with van der Waals surface area (Å²) in [5, 5.41) is 33.3. The van der Waals surface area contributed by atoms with Gasteiger partial charge in [-0.25, -0.2) is 4.79 Å². The van der Waals surface area contributed by atoms with Crippen LogP contribution in [0.25, 0.3) is 6.08 Å². The smallest absolute Gasteiger partial charge is 0.330 e. The van der Waals surface area contributed by atoms with Crippen molar-refractivity contribution < 1.29 is 25.0 Å². The third kappa shape index (κ3) is 4.48. The first-order chi connectivity index (χ1) is 14.9. The summed E-state index contributed by atoms with van der Waals surface area (Å²) in [5.41, 5.74) is -2.25. The lowest BCUT2D eigenvalue weighted by atomic mass is 9.96. The molecule has 0 bridgehead atoms. The van der Waals surface area contributed by atoms with Gasteiger partial charge in [0.2, 0.25) is 5.91 Å². The van der Waals surface area contributed by atoms with Crippen molar-refractivity contribution >= 4 is 12.0 Å². The van der Waals surface area contributed by atoms with Gasteiger partial charge < -0.3 is 25.5 Å². The lowest BCUT2D eigenvalue weighted by Gasteiger charge is -2.35. The molecule has 1 saturated heterocycles. The molecule has 1 amide bonds. The summed E-state index contributed by atoms with van der Waals surface area (Å²) < 4.78 is 6.63. The Bertz CT molecular complexity index is 1050. The molecule has 11 heteroatoms. The van der Waals surface area contributed by atoms with Gasteiger partial charge in [-0.15, -0.1) is 0 Å². The standard InChI is InChI=1S/C21H30N4O7/c1-20(2)9-13(21(3,4)25(20)31)18(29)22-7-5-6-12-10-24(19(30)23-17(12)28)16-8-14(27)15(11-26)32-16/h5-6,9-10,14-16,26-27,31H,7-8,11H2,1-4H3,(H,22,29)(H,23,28,30)/b6-5+. The van der Waals surface area contributed by atoms with Gasteiger partial charge in [0.05, 0.1) is 29.4 Å². The number of nitrogens with one attached hydrogen (secondary N) is 2. The number of amides is 1. The molecular weight excluding hydrogens is 420 g/mol. The van der Waals surface area contributed by atoms with Crippen molar-refractivity contribution in [2.24, 2.45) is 0 Å². The molecular formula is C21H30N4O7. The van der Waals surface area contributed by atoms with Crippen molar-refractivity contribution in [3.63, 3.8) is 0 Å². The van der Waals surface area contributed by atoms with Gasteiger partial charge in [0, 0.05) is 24.7 Å². The topological polar surface area (TPSA) is 157 Å². The summed E-state index contributed by atoms with van der Waals surface area (Å²) in [5.74, 6) is -0.341. The predicted octanol–water partition coefficient (Wildman–Crippen LogP) is -0.505. The maximum Gasteiger partial charge on any atom is 0.330 e. The highest BCUT2D eigenvalue weighted by molar-refractivity contribution is 5.96. The lowest BCUT2D eigenvalue weighted by molar-refractivity contribution is -0.185. The summed E-state index contributed by atoms with van der Waals surface area (Å²) in [6.07, 6.45) is 3.59. The van der Waals surface area contributed by atoms with Gasteiger partial charge in [0.15, 0.2) is 0 Å². The minimum absolute atomic E-state index is 0.0967. The Balaban J connectivity index is 1.69. The van der Waals surface area contributed by atoms with Crippen LogP contribution in [0.2, 0.25) is 0 Å². The van der Waals surface area contributed by atoms with E-state index < -0.39 is 40.8 Å². The highest BCUT2D eigenvalue weighted by atomic mass is 16.5. The van der Waals surface area contributed by atoms with Crippen LogP contribution in [0, 0.1) is 0 Å². The fraction of sp³-hybridized carbons (Fsp3) is 0.571. The number of hydrogen-bond donors (Lipinski definition) is 5. The van der Waals surface area contributed by atoms with Gasteiger partial charge in [-0.3, -0.25) is 19.1 Å². The molecule has 3 unspecified atom stereocenters. The summed E-state index contributed by atoms with van der Waals surface area (Å²) in [7, 11) is 0. The molecule has 0 radical (unpaired) electrons. The van der Waals surface area contributed by atoms with E-state index in [-0.39, 0.29) is 31.0 Å². The molecule has 0 aromatic carbocycles. The first kappa shape index (κ1) is 24.1. The number of nitrogens with zero attached hydrogens (tertiary/aromatic N) is 2. The number of aromatic nitrogens is 2. The van der Waals surface area contributed by atoms with Crippen LogP contribution in [-0.2, 0) is 9.53 Å². The zero-order chi connectivity index (χ0) is 23.8. The van der Waals surface area contributed by atoms with Crippen LogP contribution in [0.1, 0.15) is 45.9 Å². The van der Waals surface area contributed by atoms with Gasteiger partial charge in [0.25, 0.3) is 5.56 Å². The minimum atomic E-state index is -0.924. The van der Waals surface area contributed by atoms with Crippen LogP contribution in [-0.4, -0.2) is 72.4 Å². The van der Waals surface area contributed by atoms with Gasteiger partial charge in [-0.05, 0) is 27.7 Å². The molecule has 176 valence electrons.